The molecule has 6 heteroatoms. The van der Waals surface area contributed by atoms with Crippen molar-refractivity contribution in [2.45, 2.75) is 26.3 Å². The third-order valence-corrected chi connectivity index (χ3v) is 5.06. The molecule has 1 aliphatic rings. The molecule has 0 bridgehead atoms. The number of rotatable bonds is 4. The SMILES string of the molecule is CCc1ccc([C@@H]2C(=C(O)c3ccccc3)C(=O)C(=O)N2c2cc(C)on2)cc1. The van der Waals surface area contributed by atoms with Crippen LogP contribution in [0, 0.1) is 6.92 Å². The van der Waals surface area contributed by atoms with Crippen LogP contribution in [0.1, 0.15) is 35.4 Å². The molecule has 1 amide bonds. The zero-order chi connectivity index (χ0) is 20.5. The van der Waals surface area contributed by atoms with Crippen LogP contribution in [0.3, 0.4) is 0 Å². The van der Waals surface area contributed by atoms with Gasteiger partial charge in [0.25, 0.3) is 5.78 Å². The van der Waals surface area contributed by atoms with Gasteiger partial charge in [-0.05, 0) is 24.5 Å². The molecular formula is C23H20N2O4. The number of hydrogen-bond donors (Lipinski definition) is 1. The molecule has 1 fully saturated rings. The summed E-state index contributed by atoms with van der Waals surface area (Å²) in [5.41, 5.74) is 2.34. The first-order valence-corrected chi connectivity index (χ1v) is 9.39. The second-order valence-corrected chi connectivity index (χ2v) is 6.93. The van der Waals surface area contributed by atoms with Crippen LogP contribution in [0.25, 0.3) is 5.76 Å². The van der Waals surface area contributed by atoms with Crippen LogP contribution in [0.2, 0.25) is 0 Å². The van der Waals surface area contributed by atoms with Crippen LogP contribution < -0.4 is 4.90 Å². The Morgan fingerprint density at radius 2 is 1.79 bits per heavy atom. The van der Waals surface area contributed by atoms with Gasteiger partial charge in [0.05, 0.1) is 11.6 Å². The highest BCUT2D eigenvalue weighted by Gasteiger charge is 2.48. The third kappa shape index (κ3) is 3.23. The van der Waals surface area contributed by atoms with E-state index in [4.69, 9.17) is 4.52 Å². The highest BCUT2D eigenvalue weighted by atomic mass is 16.5. The first kappa shape index (κ1) is 18.7. The molecule has 1 saturated heterocycles. The Balaban J connectivity index is 1.92. The lowest BCUT2D eigenvalue weighted by Gasteiger charge is -2.23. The van der Waals surface area contributed by atoms with E-state index in [0.717, 1.165) is 12.0 Å². The number of ketones is 1. The predicted molar refractivity (Wildman–Crippen MR) is 108 cm³/mol. The number of carbonyl (C=O) groups is 2. The maximum atomic E-state index is 12.9. The number of aliphatic hydroxyl groups excluding tert-OH is 1. The molecule has 1 N–H and O–H groups in total. The maximum Gasteiger partial charge on any atom is 0.301 e. The van der Waals surface area contributed by atoms with Gasteiger partial charge in [-0.25, -0.2) is 0 Å². The largest absolute Gasteiger partial charge is 0.507 e. The average molecular weight is 388 g/mol. The number of carbonyl (C=O) groups excluding carboxylic acids is 2. The lowest BCUT2D eigenvalue weighted by molar-refractivity contribution is -0.132. The van der Waals surface area contributed by atoms with Gasteiger partial charge in [-0.1, -0.05) is 66.7 Å². The van der Waals surface area contributed by atoms with E-state index in [0.29, 0.717) is 16.9 Å². The van der Waals surface area contributed by atoms with Crippen molar-refractivity contribution in [1.82, 2.24) is 5.16 Å². The number of nitrogens with zero attached hydrogens (tertiary/aromatic N) is 2. The molecule has 0 aliphatic carbocycles. The summed E-state index contributed by atoms with van der Waals surface area (Å²) in [5, 5.41) is 14.9. The summed E-state index contributed by atoms with van der Waals surface area (Å²) in [4.78, 5) is 27.2. The summed E-state index contributed by atoms with van der Waals surface area (Å²) in [5.74, 6) is -0.959. The zero-order valence-electron chi connectivity index (χ0n) is 16.1. The smallest absolute Gasteiger partial charge is 0.301 e. The Hall–Kier alpha value is -3.67. The van der Waals surface area contributed by atoms with Crippen molar-refractivity contribution in [2.75, 3.05) is 4.90 Å². The number of aryl methyl sites for hydroxylation is 2. The molecule has 6 nitrogen and oxygen atoms in total. The van der Waals surface area contributed by atoms with Crippen LogP contribution in [0.15, 0.2) is 70.8 Å². The van der Waals surface area contributed by atoms with Crippen LogP contribution in [-0.2, 0) is 16.0 Å². The van der Waals surface area contributed by atoms with Crippen molar-refractivity contribution in [3.05, 3.63) is 88.7 Å². The van der Waals surface area contributed by atoms with Crippen molar-refractivity contribution in [2.24, 2.45) is 0 Å². The van der Waals surface area contributed by atoms with E-state index in [1.807, 2.05) is 30.3 Å². The van der Waals surface area contributed by atoms with Gasteiger partial charge in [0.1, 0.15) is 11.5 Å². The monoisotopic (exact) mass is 388 g/mol. The number of Topliss-reactive ketones (excluding diaryl/α,β-unsaturated/α-hetero) is 1. The van der Waals surface area contributed by atoms with Gasteiger partial charge < -0.3 is 9.63 Å². The minimum absolute atomic E-state index is 0.0334. The van der Waals surface area contributed by atoms with E-state index in [2.05, 4.69) is 12.1 Å². The van der Waals surface area contributed by atoms with Crippen LogP contribution in [0.4, 0.5) is 5.82 Å². The fraction of sp³-hybridized carbons (Fsp3) is 0.174. The molecule has 0 spiro atoms. The molecule has 29 heavy (non-hydrogen) atoms. The summed E-state index contributed by atoms with van der Waals surface area (Å²) in [6.45, 7) is 3.76. The van der Waals surface area contributed by atoms with E-state index < -0.39 is 17.7 Å². The summed E-state index contributed by atoms with van der Waals surface area (Å²) in [6, 6.07) is 17.2. The van der Waals surface area contributed by atoms with E-state index in [1.54, 1.807) is 37.3 Å². The Morgan fingerprint density at radius 1 is 1.10 bits per heavy atom. The molecule has 0 unspecified atom stereocenters. The topological polar surface area (TPSA) is 83.6 Å². The Morgan fingerprint density at radius 3 is 2.38 bits per heavy atom. The molecule has 2 heterocycles. The van der Waals surface area contributed by atoms with E-state index in [-0.39, 0.29) is 17.2 Å². The van der Waals surface area contributed by atoms with E-state index in [1.165, 1.54) is 4.90 Å². The van der Waals surface area contributed by atoms with E-state index >= 15 is 0 Å². The molecule has 0 saturated carbocycles. The summed E-state index contributed by atoms with van der Waals surface area (Å²) in [7, 11) is 0. The highest BCUT2D eigenvalue weighted by molar-refractivity contribution is 6.51. The predicted octanol–water partition coefficient (Wildman–Crippen LogP) is 4.17. The molecule has 1 aliphatic heterocycles. The molecule has 146 valence electrons. The Bertz CT molecular complexity index is 1100. The average Bonchev–Trinajstić information content (AvgIpc) is 3.29. The van der Waals surface area contributed by atoms with Gasteiger partial charge in [0.2, 0.25) is 0 Å². The molecule has 3 aromatic rings. The third-order valence-electron chi connectivity index (χ3n) is 5.06. The Labute approximate surface area is 168 Å². The summed E-state index contributed by atoms with van der Waals surface area (Å²) in [6.07, 6.45) is 0.868. The molecule has 2 aromatic carbocycles. The first-order valence-electron chi connectivity index (χ1n) is 9.39. The molecule has 0 radical (unpaired) electrons. The first-order chi connectivity index (χ1) is 14.0. The van der Waals surface area contributed by atoms with Crippen molar-refractivity contribution >= 4 is 23.3 Å². The van der Waals surface area contributed by atoms with Gasteiger partial charge >= 0.3 is 5.91 Å². The molecule has 1 aromatic heterocycles. The fourth-order valence-corrected chi connectivity index (χ4v) is 3.54. The second kappa shape index (κ2) is 7.39. The quantitative estimate of drug-likeness (QED) is 0.412. The Kier molecular flexibility index (Phi) is 4.76. The van der Waals surface area contributed by atoms with E-state index in [9.17, 15) is 14.7 Å². The standard InChI is InChI=1S/C23H20N2O4/c1-3-15-9-11-16(12-10-15)20-19(21(26)17-7-5-4-6-8-17)22(27)23(28)25(20)18-13-14(2)29-24-18/h4-13,20,26H,3H2,1-2H3/t20-/m1/s1. The van der Waals surface area contributed by atoms with Crippen molar-refractivity contribution in [3.63, 3.8) is 0 Å². The number of benzene rings is 2. The van der Waals surface area contributed by atoms with Gasteiger partial charge in [-0.3, -0.25) is 14.5 Å². The number of hydrogen-bond acceptors (Lipinski definition) is 5. The second-order valence-electron chi connectivity index (χ2n) is 6.93. The van der Waals surface area contributed by atoms with Crippen LogP contribution >= 0.6 is 0 Å². The van der Waals surface area contributed by atoms with Gasteiger partial charge in [-0.15, -0.1) is 0 Å². The molecule has 4 rings (SSSR count). The molecule has 1 atom stereocenters. The van der Waals surface area contributed by atoms with Crippen molar-refractivity contribution in [3.8, 4) is 0 Å². The van der Waals surface area contributed by atoms with Crippen LogP contribution in [0.5, 0.6) is 0 Å². The summed E-state index contributed by atoms with van der Waals surface area (Å²) >= 11 is 0. The minimum Gasteiger partial charge on any atom is -0.507 e. The number of aliphatic hydroxyl groups is 1. The number of anilines is 1. The van der Waals surface area contributed by atoms with Gasteiger partial charge in [0.15, 0.2) is 5.82 Å². The van der Waals surface area contributed by atoms with Crippen molar-refractivity contribution < 1.29 is 19.2 Å². The number of amides is 1. The maximum absolute atomic E-state index is 12.9. The lowest BCUT2D eigenvalue weighted by atomic mass is 9.94. The lowest BCUT2D eigenvalue weighted by Crippen LogP contribution is -2.29. The highest BCUT2D eigenvalue weighted by Crippen LogP contribution is 2.41. The molecular weight excluding hydrogens is 368 g/mol. The minimum atomic E-state index is -0.800. The number of aromatic nitrogens is 1. The normalized spacial score (nSPS) is 18.4. The zero-order valence-corrected chi connectivity index (χ0v) is 16.1. The van der Waals surface area contributed by atoms with Gasteiger partial charge in [-0.2, -0.15) is 0 Å². The van der Waals surface area contributed by atoms with Crippen molar-refractivity contribution in [1.29, 1.82) is 0 Å². The fourth-order valence-electron chi connectivity index (χ4n) is 3.54. The summed E-state index contributed by atoms with van der Waals surface area (Å²) < 4.78 is 5.13. The van der Waals surface area contributed by atoms with Gasteiger partial charge in [0, 0.05) is 11.6 Å². The van der Waals surface area contributed by atoms with Crippen LogP contribution in [-0.4, -0.2) is 22.0 Å².